The Morgan fingerprint density at radius 2 is 2.22 bits per heavy atom. The molecule has 0 atom stereocenters. The molecule has 0 saturated carbocycles. The van der Waals surface area contributed by atoms with Gasteiger partial charge in [-0.2, -0.15) is 5.10 Å². The van der Waals surface area contributed by atoms with Crippen LogP contribution >= 0.6 is 11.6 Å². The number of nitrogens with zero attached hydrogens (tertiary/aromatic N) is 3. The number of halogens is 2. The van der Waals surface area contributed by atoms with Gasteiger partial charge >= 0.3 is 5.97 Å². The third-order valence-electron chi connectivity index (χ3n) is 3.40. The molecule has 118 valence electrons. The van der Waals surface area contributed by atoms with E-state index >= 15 is 0 Å². The molecule has 0 amide bonds. The van der Waals surface area contributed by atoms with Gasteiger partial charge in [0.05, 0.1) is 28.9 Å². The van der Waals surface area contributed by atoms with Crippen molar-refractivity contribution in [2.75, 3.05) is 6.61 Å². The average molecular weight is 334 g/mol. The minimum atomic E-state index is -0.602. The average Bonchev–Trinajstić information content (AvgIpc) is 2.89. The van der Waals surface area contributed by atoms with Gasteiger partial charge in [0.1, 0.15) is 11.4 Å². The molecule has 1 aromatic carbocycles. The van der Waals surface area contributed by atoms with E-state index in [4.69, 9.17) is 16.3 Å². The van der Waals surface area contributed by atoms with Gasteiger partial charge in [-0.25, -0.2) is 14.2 Å². The van der Waals surface area contributed by atoms with Crippen LogP contribution in [0.5, 0.6) is 0 Å². The predicted octanol–water partition coefficient (Wildman–Crippen LogP) is 3.60. The molecule has 0 radical (unpaired) electrons. The van der Waals surface area contributed by atoms with Crippen LogP contribution < -0.4 is 0 Å². The van der Waals surface area contributed by atoms with E-state index in [2.05, 4.69) is 10.1 Å². The van der Waals surface area contributed by atoms with Gasteiger partial charge < -0.3 is 4.74 Å². The molecule has 3 aromatic rings. The molecule has 0 aliphatic heterocycles. The second kappa shape index (κ2) is 5.96. The Bertz CT molecular complexity index is 908. The van der Waals surface area contributed by atoms with Gasteiger partial charge in [0.25, 0.3) is 0 Å². The number of esters is 1. The van der Waals surface area contributed by atoms with E-state index in [1.807, 2.05) is 0 Å². The van der Waals surface area contributed by atoms with E-state index in [1.54, 1.807) is 30.8 Å². The minimum Gasteiger partial charge on any atom is -0.462 e. The van der Waals surface area contributed by atoms with Crippen LogP contribution in [0.4, 0.5) is 4.39 Å². The Labute approximate surface area is 136 Å². The summed E-state index contributed by atoms with van der Waals surface area (Å²) in [4.78, 5) is 16.8. The van der Waals surface area contributed by atoms with Gasteiger partial charge in [-0.3, -0.25) is 4.68 Å². The van der Waals surface area contributed by atoms with Crippen molar-refractivity contribution in [1.29, 1.82) is 0 Å². The summed E-state index contributed by atoms with van der Waals surface area (Å²) >= 11 is 6.39. The fraction of sp³-hybridized carbons (Fsp3) is 0.188. The summed E-state index contributed by atoms with van der Waals surface area (Å²) < 4.78 is 20.2. The molecule has 23 heavy (non-hydrogen) atoms. The van der Waals surface area contributed by atoms with E-state index in [0.717, 1.165) is 0 Å². The fourth-order valence-electron chi connectivity index (χ4n) is 2.35. The Hall–Kier alpha value is -2.47. The lowest BCUT2D eigenvalue weighted by molar-refractivity contribution is 0.0527. The number of aromatic nitrogens is 3. The standard InChI is InChI=1S/C16H13ClFN3O2/c1-3-23-16(22)12-13(17)11-8-19-21(2)15(11)20-14(12)9-5-4-6-10(18)7-9/h4-8H,3H2,1-2H3. The van der Waals surface area contributed by atoms with Gasteiger partial charge in [0, 0.05) is 12.6 Å². The van der Waals surface area contributed by atoms with E-state index in [-0.39, 0.29) is 22.9 Å². The zero-order valence-electron chi connectivity index (χ0n) is 12.5. The first kappa shape index (κ1) is 15.4. The van der Waals surface area contributed by atoms with Crippen molar-refractivity contribution in [2.24, 2.45) is 7.05 Å². The number of hydrogen-bond acceptors (Lipinski definition) is 4. The molecule has 5 nitrogen and oxygen atoms in total. The lowest BCUT2D eigenvalue weighted by Crippen LogP contribution is -2.09. The highest BCUT2D eigenvalue weighted by atomic mass is 35.5. The van der Waals surface area contributed by atoms with Gasteiger partial charge in [-0.05, 0) is 19.1 Å². The topological polar surface area (TPSA) is 57.0 Å². The maximum Gasteiger partial charge on any atom is 0.341 e. The molecular weight excluding hydrogens is 321 g/mol. The Morgan fingerprint density at radius 3 is 2.91 bits per heavy atom. The molecule has 0 bridgehead atoms. The first-order valence-electron chi connectivity index (χ1n) is 6.97. The minimum absolute atomic E-state index is 0.111. The van der Waals surface area contributed by atoms with Crippen LogP contribution in [-0.2, 0) is 11.8 Å². The molecule has 0 unspecified atom stereocenters. The molecule has 0 fully saturated rings. The van der Waals surface area contributed by atoms with Crippen molar-refractivity contribution >= 4 is 28.6 Å². The highest BCUT2D eigenvalue weighted by Gasteiger charge is 2.24. The third kappa shape index (κ3) is 2.66. The zero-order chi connectivity index (χ0) is 16.6. The second-order valence-corrected chi connectivity index (χ2v) is 5.26. The van der Waals surface area contributed by atoms with Gasteiger partial charge in [-0.1, -0.05) is 23.7 Å². The van der Waals surface area contributed by atoms with E-state index in [9.17, 15) is 9.18 Å². The van der Waals surface area contributed by atoms with E-state index in [0.29, 0.717) is 16.6 Å². The highest BCUT2D eigenvalue weighted by molar-refractivity contribution is 6.38. The van der Waals surface area contributed by atoms with Crippen molar-refractivity contribution in [3.8, 4) is 11.3 Å². The summed E-state index contributed by atoms with van der Waals surface area (Å²) in [7, 11) is 1.71. The lowest BCUT2D eigenvalue weighted by atomic mass is 10.0. The molecule has 0 spiro atoms. The summed E-state index contributed by atoms with van der Waals surface area (Å²) in [6.07, 6.45) is 1.53. The van der Waals surface area contributed by atoms with Gasteiger partial charge in [0.15, 0.2) is 5.65 Å². The van der Waals surface area contributed by atoms with Crippen molar-refractivity contribution in [3.63, 3.8) is 0 Å². The van der Waals surface area contributed by atoms with Crippen LogP contribution in [0.25, 0.3) is 22.3 Å². The predicted molar refractivity (Wildman–Crippen MR) is 84.9 cm³/mol. The second-order valence-electron chi connectivity index (χ2n) is 4.89. The summed E-state index contributed by atoms with van der Waals surface area (Å²) in [5.74, 6) is -1.03. The number of hydrogen-bond donors (Lipinski definition) is 0. The molecule has 0 aliphatic carbocycles. The third-order valence-corrected chi connectivity index (χ3v) is 3.79. The molecule has 0 saturated heterocycles. The molecule has 0 aliphatic rings. The molecular formula is C16H13ClFN3O2. The number of rotatable bonds is 3. The Balaban J connectivity index is 2.35. The molecule has 2 heterocycles. The normalized spacial score (nSPS) is 11.0. The number of benzene rings is 1. The molecule has 0 N–H and O–H groups in total. The Kier molecular flexibility index (Phi) is 4.00. The number of ether oxygens (including phenoxy) is 1. The number of carbonyl (C=O) groups excluding carboxylic acids is 1. The first-order chi connectivity index (χ1) is 11.0. The van der Waals surface area contributed by atoms with Crippen LogP contribution in [0, 0.1) is 5.82 Å². The maximum absolute atomic E-state index is 13.6. The summed E-state index contributed by atoms with van der Waals surface area (Å²) in [5.41, 5.74) is 1.32. The van der Waals surface area contributed by atoms with Crippen molar-refractivity contribution in [1.82, 2.24) is 14.8 Å². The monoisotopic (exact) mass is 333 g/mol. The van der Waals surface area contributed by atoms with Crippen molar-refractivity contribution < 1.29 is 13.9 Å². The zero-order valence-corrected chi connectivity index (χ0v) is 13.3. The van der Waals surface area contributed by atoms with Gasteiger partial charge in [-0.15, -0.1) is 0 Å². The number of aryl methyl sites for hydroxylation is 1. The highest BCUT2D eigenvalue weighted by Crippen LogP contribution is 2.34. The molecule has 3 rings (SSSR count). The largest absolute Gasteiger partial charge is 0.462 e. The van der Waals surface area contributed by atoms with Crippen molar-refractivity contribution in [2.45, 2.75) is 6.92 Å². The number of pyridine rings is 1. The van der Waals surface area contributed by atoms with Crippen LogP contribution in [-0.4, -0.2) is 27.3 Å². The Morgan fingerprint density at radius 1 is 1.43 bits per heavy atom. The van der Waals surface area contributed by atoms with Crippen LogP contribution in [0.1, 0.15) is 17.3 Å². The quantitative estimate of drug-likeness (QED) is 0.687. The summed E-state index contributed by atoms with van der Waals surface area (Å²) in [6, 6.07) is 5.82. The van der Waals surface area contributed by atoms with Gasteiger partial charge in [0.2, 0.25) is 0 Å². The smallest absolute Gasteiger partial charge is 0.341 e. The fourth-order valence-corrected chi connectivity index (χ4v) is 2.65. The molecule has 7 heteroatoms. The van der Waals surface area contributed by atoms with E-state index in [1.165, 1.54) is 18.3 Å². The summed E-state index contributed by atoms with van der Waals surface area (Å²) in [6.45, 7) is 1.90. The SMILES string of the molecule is CCOC(=O)c1c(-c2cccc(F)c2)nc2c(cnn2C)c1Cl. The first-order valence-corrected chi connectivity index (χ1v) is 7.35. The van der Waals surface area contributed by atoms with Crippen LogP contribution in [0.2, 0.25) is 5.02 Å². The maximum atomic E-state index is 13.6. The number of fused-ring (bicyclic) bond motifs is 1. The lowest BCUT2D eigenvalue weighted by Gasteiger charge is -2.11. The molecule has 2 aromatic heterocycles. The van der Waals surface area contributed by atoms with Crippen molar-refractivity contribution in [3.05, 3.63) is 46.9 Å². The van der Waals surface area contributed by atoms with E-state index < -0.39 is 11.8 Å². The number of carbonyl (C=O) groups is 1. The van der Waals surface area contributed by atoms with Crippen LogP contribution in [0.3, 0.4) is 0 Å². The van der Waals surface area contributed by atoms with Crippen LogP contribution in [0.15, 0.2) is 30.5 Å². The summed E-state index contributed by atoms with van der Waals surface area (Å²) in [5, 5.41) is 4.83.